The van der Waals surface area contributed by atoms with Crippen molar-refractivity contribution in [3.05, 3.63) is 40.7 Å². The molecule has 146 valence electrons. The molecule has 3 heterocycles. The number of imidazole rings is 1. The third-order valence-corrected chi connectivity index (χ3v) is 5.64. The number of nitrogens with zero attached hydrogens (tertiary/aromatic N) is 3. The van der Waals surface area contributed by atoms with E-state index in [-0.39, 0.29) is 17.5 Å². The van der Waals surface area contributed by atoms with Crippen LogP contribution in [-0.2, 0) is 7.05 Å². The first-order chi connectivity index (χ1) is 12.8. The van der Waals surface area contributed by atoms with Crippen LogP contribution in [0.3, 0.4) is 0 Å². The van der Waals surface area contributed by atoms with E-state index < -0.39 is 6.10 Å². The molecule has 7 nitrogen and oxygen atoms in total. The highest BCUT2D eigenvalue weighted by molar-refractivity contribution is 6.03. The molecule has 3 rings (SSSR count). The molecule has 0 aliphatic carbocycles. The summed E-state index contributed by atoms with van der Waals surface area (Å²) in [6, 6.07) is 0. The van der Waals surface area contributed by atoms with E-state index >= 15 is 0 Å². The normalized spacial score (nSPS) is 17.2. The number of aromatic amines is 1. The molecule has 7 heteroatoms. The van der Waals surface area contributed by atoms with Gasteiger partial charge in [-0.15, -0.1) is 0 Å². The number of piperidine rings is 1. The van der Waals surface area contributed by atoms with Gasteiger partial charge in [0.25, 0.3) is 0 Å². The Morgan fingerprint density at radius 2 is 2.00 bits per heavy atom. The number of carbonyl (C=O) groups excluding carboxylic acids is 2. The van der Waals surface area contributed by atoms with Gasteiger partial charge in [0.05, 0.1) is 12.2 Å². The maximum absolute atomic E-state index is 12.7. The van der Waals surface area contributed by atoms with Crippen molar-refractivity contribution < 1.29 is 14.7 Å². The molecular formula is C20H28N4O3. The second-order valence-corrected chi connectivity index (χ2v) is 7.56. The van der Waals surface area contributed by atoms with Gasteiger partial charge in [0.1, 0.15) is 11.9 Å². The highest BCUT2D eigenvalue weighted by atomic mass is 16.3. The quantitative estimate of drug-likeness (QED) is 0.759. The van der Waals surface area contributed by atoms with Crippen LogP contribution in [0.25, 0.3) is 0 Å². The van der Waals surface area contributed by atoms with Gasteiger partial charge in [0.15, 0.2) is 11.6 Å². The zero-order valence-electron chi connectivity index (χ0n) is 16.5. The van der Waals surface area contributed by atoms with E-state index in [4.69, 9.17) is 0 Å². The van der Waals surface area contributed by atoms with Crippen LogP contribution in [0.2, 0.25) is 0 Å². The number of rotatable bonds is 6. The van der Waals surface area contributed by atoms with E-state index in [1.54, 1.807) is 6.20 Å². The third-order valence-electron chi connectivity index (χ3n) is 5.64. The molecule has 0 aromatic carbocycles. The van der Waals surface area contributed by atoms with Crippen molar-refractivity contribution in [3.63, 3.8) is 0 Å². The van der Waals surface area contributed by atoms with Gasteiger partial charge >= 0.3 is 0 Å². The summed E-state index contributed by atoms with van der Waals surface area (Å²) in [5, 5.41) is 10.6. The number of ketones is 2. The topological polar surface area (TPSA) is 91.2 Å². The maximum atomic E-state index is 12.7. The molecule has 1 saturated heterocycles. The van der Waals surface area contributed by atoms with Crippen molar-refractivity contribution in [2.24, 2.45) is 13.0 Å². The Balaban J connectivity index is 1.59. The van der Waals surface area contributed by atoms with Crippen LogP contribution in [0, 0.1) is 19.8 Å². The highest BCUT2D eigenvalue weighted by Gasteiger charge is 2.30. The Morgan fingerprint density at radius 1 is 1.33 bits per heavy atom. The highest BCUT2D eigenvalue weighted by Crippen LogP contribution is 2.30. The fourth-order valence-electron chi connectivity index (χ4n) is 4.14. The van der Waals surface area contributed by atoms with Gasteiger partial charge in [-0.2, -0.15) is 0 Å². The van der Waals surface area contributed by atoms with Crippen LogP contribution in [0.1, 0.15) is 63.8 Å². The predicted molar refractivity (Wildman–Crippen MR) is 102 cm³/mol. The second kappa shape index (κ2) is 7.78. The van der Waals surface area contributed by atoms with Gasteiger partial charge in [-0.1, -0.05) is 0 Å². The molecule has 1 aliphatic rings. The molecule has 2 aromatic rings. The lowest BCUT2D eigenvalue weighted by Crippen LogP contribution is -2.39. The second-order valence-electron chi connectivity index (χ2n) is 7.56. The van der Waals surface area contributed by atoms with Crippen molar-refractivity contribution in [2.45, 2.75) is 39.7 Å². The van der Waals surface area contributed by atoms with Crippen LogP contribution in [0.4, 0.5) is 0 Å². The van der Waals surface area contributed by atoms with E-state index in [9.17, 15) is 14.7 Å². The summed E-state index contributed by atoms with van der Waals surface area (Å²) in [6.07, 6.45) is 4.60. The van der Waals surface area contributed by atoms with E-state index in [1.165, 1.54) is 6.92 Å². The van der Waals surface area contributed by atoms with Gasteiger partial charge in [-0.05, 0) is 58.2 Å². The van der Waals surface area contributed by atoms with Crippen LogP contribution < -0.4 is 0 Å². The number of aliphatic hydroxyl groups is 1. The molecule has 1 aliphatic heterocycles. The summed E-state index contributed by atoms with van der Waals surface area (Å²) in [7, 11) is 1.88. The van der Waals surface area contributed by atoms with Crippen molar-refractivity contribution in [2.75, 3.05) is 19.6 Å². The number of likely N-dealkylation sites (tertiary alicyclic amines) is 1. The van der Waals surface area contributed by atoms with Crippen LogP contribution >= 0.6 is 0 Å². The molecule has 0 saturated carbocycles. The number of aliphatic hydroxyl groups excluding tert-OH is 1. The summed E-state index contributed by atoms with van der Waals surface area (Å²) in [5.74, 6) is 0.825. The molecule has 0 amide bonds. The van der Waals surface area contributed by atoms with Gasteiger partial charge in [-0.3, -0.25) is 14.5 Å². The summed E-state index contributed by atoms with van der Waals surface area (Å²) >= 11 is 0. The van der Waals surface area contributed by atoms with Crippen molar-refractivity contribution >= 4 is 11.6 Å². The van der Waals surface area contributed by atoms with Gasteiger partial charge in [-0.25, -0.2) is 4.98 Å². The third kappa shape index (κ3) is 3.89. The Labute approximate surface area is 159 Å². The number of hydrogen-bond acceptors (Lipinski definition) is 5. The predicted octanol–water partition coefficient (Wildman–Crippen LogP) is 2.20. The molecule has 0 radical (unpaired) electrons. The van der Waals surface area contributed by atoms with Crippen molar-refractivity contribution in [3.8, 4) is 0 Å². The summed E-state index contributed by atoms with van der Waals surface area (Å²) in [6.45, 7) is 7.01. The number of Topliss-reactive ketones (excluding diaryl/α,β-unsaturated/α-hetero) is 2. The first-order valence-corrected chi connectivity index (χ1v) is 9.40. The number of nitrogens with one attached hydrogen (secondary N) is 1. The van der Waals surface area contributed by atoms with Gasteiger partial charge < -0.3 is 14.7 Å². The van der Waals surface area contributed by atoms with Gasteiger partial charge in [0.2, 0.25) is 0 Å². The van der Waals surface area contributed by atoms with Crippen molar-refractivity contribution in [1.29, 1.82) is 0 Å². The number of aryl methyl sites for hydroxylation is 2. The monoisotopic (exact) mass is 372 g/mol. The Hall–Kier alpha value is -2.25. The number of aromatic nitrogens is 3. The number of hydrogen-bond donors (Lipinski definition) is 2. The first-order valence-electron chi connectivity index (χ1n) is 9.40. The lowest BCUT2D eigenvalue weighted by Gasteiger charge is -2.33. The Kier molecular flexibility index (Phi) is 5.62. The zero-order chi connectivity index (χ0) is 19.7. The minimum absolute atomic E-state index is 0.00574. The lowest BCUT2D eigenvalue weighted by atomic mass is 9.90. The van der Waals surface area contributed by atoms with E-state index in [2.05, 4.69) is 14.9 Å². The molecule has 0 unspecified atom stereocenters. The fourth-order valence-corrected chi connectivity index (χ4v) is 4.14. The maximum Gasteiger partial charge on any atom is 0.193 e. The number of H-pyrrole nitrogens is 1. The largest absolute Gasteiger partial charge is 0.385 e. The first kappa shape index (κ1) is 19.5. The van der Waals surface area contributed by atoms with Crippen LogP contribution in [0.5, 0.6) is 0 Å². The van der Waals surface area contributed by atoms with E-state index in [1.807, 2.05) is 31.7 Å². The summed E-state index contributed by atoms with van der Waals surface area (Å²) in [5.41, 5.74) is 2.65. The number of carbonyl (C=O) groups is 2. The fraction of sp³-hybridized carbons (Fsp3) is 0.550. The Morgan fingerprint density at radius 3 is 2.52 bits per heavy atom. The molecular weight excluding hydrogens is 344 g/mol. The van der Waals surface area contributed by atoms with E-state index in [0.29, 0.717) is 23.6 Å². The summed E-state index contributed by atoms with van der Waals surface area (Å²) in [4.78, 5) is 33.9. The van der Waals surface area contributed by atoms with Crippen LogP contribution in [0.15, 0.2) is 12.4 Å². The molecule has 27 heavy (non-hydrogen) atoms. The molecule has 0 spiro atoms. The van der Waals surface area contributed by atoms with Crippen molar-refractivity contribution in [1.82, 2.24) is 19.4 Å². The smallest absolute Gasteiger partial charge is 0.193 e. The average molecular weight is 372 g/mol. The molecule has 2 N–H and O–H groups in total. The summed E-state index contributed by atoms with van der Waals surface area (Å²) < 4.78 is 1.85. The molecule has 2 aromatic heterocycles. The zero-order valence-corrected chi connectivity index (χ0v) is 16.5. The standard InChI is InChI=1S/C20H28N4O3/c1-12-17(14(3)25)13(2)22-18(12)16(26)11-24-8-5-15(6-9-24)19(27)20-21-7-10-23(20)4/h7,10,15,19,22,27H,5-6,8-9,11H2,1-4H3/t19-/m0/s1. The molecule has 1 fully saturated rings. The molecule has 0 bridgehead atoms. The van der Waals surface area contributed by atoms with Gasteiger partial charge in [0, 0.05) is 30.7 Å². The minimum Gasteiger partial charge on any atom is -0.385 e. The van der Waals surface area contributed by atoms with E-state index in [0.717, 1.165) is 37.2 Å². The average Bonchev–Trinajstić information content (AvgIpc) is 3.17. The molecule has 1 atom stereocenters. The Bertz CT molecular complexity index is 844. The lowest BCUT2D eigenvalue weighted by molar-refractivity contribution is 0.0496. The SMILES string of the molecule is CC(=O)c1c(C)[nH]c(C(=O)CN2CCC([C@H](O)c3nccn3C)CC2)c1C. The minimum atomic E-state index is -0.575. The van der Waals surface area contributed by atoms with Crippen LogP contribution in [-0.4, -0.2) is 55.7 Å².